The summed E-state index contributed by atoms with van der Waals surface area (Å²) in [7, 11) is 0. The Morgan fingerprint density at radius 3 is 2.36 bits per heavy atom. The normalized spacial score (nSPS) is 16.4. The minimum Gasteiger partial charge on any atom is -0.617 e. The third kappa shape index (κ3) is 6.70. The van der Waals surface area contributed by atoms with E-state index in [2.05, 4.69) is 13.8 Å². The Bertz CT molecular complexity index is 83.6. The van der Waals surface area contributed by atoms with Gasteiger partial charge in [0.25, 0.3) is 0 Å². The number of unbranched alkanes of at least 4 members (excludes halogenated alkanes) is 1. The van der Waals surface area contributed by atoms with Crippen molar-refractivity contribution in [2.75, 3.05) is 12.0 Å². The lowest BCUT2D eigenvalue weighted by molar-refractivity contribution is 0.485. The molecule has 2 heteroatoms. The van der Waals surface area contributed by atoms with Crippen LogP contribution in [-0.2, 0) is 11.2 Å². The maximum absolute atomic E-state index is 10.9. The Labute approximate surface area is 73.8 Å². The summed E-state index contributed by atoms with van der Waals surface area (Å²) in [5.74, 6) is 1.59. The van der Waals surface area contributed by atoms with E-state index in [1.807, 2.05) is 0 Å². The predicted molar refractivity (Wildman–Crippen MR) is 52.2 cm³/mol. The second-order valence-electron chi connectivity index (χ2n) is 3.16. The van der Waals surface area contributed by atoms with Crippen LogP contribution in [0.25, 0.3) is 0 Å². The van der Waals surface area contributed by atoms with E-state index in [9.17, 15) is 4.55 Å². The number of hydrogen-bond donors (Lipinski definition) is 0. The highest BCUT2D eigenvalue weighted by Crippen LogP contribution is 2.14. The van der Waals surface area contributed by atoms with Crippen LogP contribution in [-0.4, -0.2) is 16.6 Å². The summed E-state index contributed by atoms with van der Waals surface area (Å²) in [6.07, 6.45) is 6.78. The largest absolute Gasteiger partial charge is 0.617 e. The monoisotopic (exact) mass is 176 g/mol. The van der Waals surface area contributed by atoms with Gasteiger partial charge in [-0.25, -0.2) is 0 Å². The van der Waals surface area contributed by atoms with Gasteiger partial charge in [-0.15, -0.1) is 0 Å². The lowest BCUT2D eigenvalue weighted by Gasteiger charge is -2.14. The van der Waals surface area contributed by atoms with E-state index in [4.69, 9.17) is 0 Å². The van der Waals surface area contributed by atoms with E-state index in [0.717, 1.165) is 5.75 Å². The molecule has 2 atom stereocenters. The van der Waals surface area contributed by atoms with Gasteiger partial charge in [-0.05, 0) is 12.8 Å². The summed E-state index contributed by atoms with van der Waals surface area (Å²) in [5, 5.41) is 0. The molecular formula is C9H20OS. The standard InChI is InChI=1S/C9H20OS/c1-4-6-7-9(5-2)8-11(3)10/h9H,4-8H2,1-3H3. The van der Waals surface area contributed by atoms with Crippen molar-refractivity contribution in [1.29, 1.82) is 0 Å². The fraction of sp³-hybridized carbons (Fsp3) is 1.00. The Morgan fingerprint density at radius 2 is 2.00 bits per heavy atom. The van der Waals surface area contributed by atoms with Gasteiger partial charge in [0.05, 0.1) is 6.26 Å². The van der Waals surface area contributed by atoms with Crippen molar-refractivity contribution >= 4 is 11.2 Å². The van der Waals surface area contributed by atoms with Gasteiger partial charge in [-0.1, -0.05) is 37.9 Å². The average Bonchev–Trinajstić information content (AvgIpc) is 1.97. The summed E-state index contributed by atoms with van der Waals surface area (Å²) in [4.78, 5) is 0. The maximum Gasteiger partial charge on any atom is 0.108 e. The van der Waals surface area contributed by atoms with Gasteiger partial charge in [0, 0.05) is 5.92 Å². The number of hydrogen-bond acceptors (Lipinski definition) is 1. The lowest BCUT2D eigenvalue weighted by atomic mass is 10.0. The Morgan fingerprint density at radius 1 is 1.36 bits per heavy atom. The minimum absolute atomic E-state index is 0.599. The van der Waals surface area contributed by atoms with Gasteiger partial charge in [-0.2, -0.15) is 0 Å². The highest BCUT2D eigenvalue weighted by molar-refractivity contribution is 7.90. The van der Waals surface area contributed by atoms with Crippen LogP contribution in [0.2, 0.25) is 0 Å². The molecule has 68 valence electrons. The van der Waals surface area contributed by atoms with Crippen molar-refractivity contribution < 1.29 is 4.55 Å². The highest BCUT2D eigenvalue weighted by Gasteiger charge is 2.10. The molecule has 0 aromatic heterocycles. The second kappa shape index (κ2) is 6.99. The zero-order chi connectivity index (χ0) is 8.69. The van der Waals surface area contributed by atoms with E-state index in [-0.39, 0.29) is 0 Å². The molecule has 0 saturated heterocycles. The first-order valence-corrected chi connectivity index (χ1v) is 6.23. The van der Waals surface area contributed by atoms with Crippen molar-refractivity contribution in [3.05, 3.63) is 0 Å². The molecule has 0 amide bonds. The first kappa shape index (κ1) is 11.3. The summed E-state index contributed by atoms with van der Waals surface area (Å²) in [5.41, 5.74) is 0. The van der Waals surface area contributed by atoms with Gasteiger partial charge < -0.3 is 4.55 Å². The van der Waals surface area contributed by atoms with Crippen LogP contribution in [0.1, 0.15) is 39.5 Å². The topological polar surface area (TPSA) is 23.1 Å². The van der Waals surface area contributed by atoms with Gasteiger partial charge in [-0.3, -0.25) is 0 Å². The molecule has 0 spiro atoms. The smallest absolute Gasteiger partial charge is 0.108 e. The van der Waals surface area contributed by atoms with Crippen molar-refractivity contribution in [1.82, 2.24) is 0 Å². The van der Waals surface area contributed by atoms with Crippen LogP contribution in [0.5, 0.6) is 0 Å². The fourth-order valence-corrected chi connectivity index (χ4v) is 2.30. The molecule has 0 aromatic carbocycles. The molecular weight excluding hydrogens is 156 g/mol. The molecule has 0 radical (unpaired) electrons. The van der Waals surface area contributed by atoms with Gasteiger partial charge in [0.15, 0.2) is 0 Å². The van der Waals surface area contributed by atoms with E-state index in [1.54, 1.807) is 6.26 Å². The minimum atomic E-state index is -0.599. The average molecular weight is 176 g/mol. The van der Waals surface area contributed by atoms with Crippen LogP contribution in [0, 0.1) is 5.92 Å². The Balaban J connectivity index is 3.41. The Kier molecular flexibility index (Phi) is 7.18. The first-order chi connectivity index (χ1) is 5.20. The molecule has 0 aliphatic heterocycles. The maximum atomic E-state index is 10.9. The van der Waals surface area contributed by atoms with E-state index >= 15 is 0 Å². The van der Waals surface area contributed by atoms with Crippen LogP contribution in [0.3, 0.4) is 0 Å². The molecule has 2 unspecified atom stereocenters. The molecule has 0 N–H and O–H groups in total. The van der Waals surface area contributed by atoms with Crippen molar-refractivity contribution in [3.8, 4) is 0 Å². The third-order valence-corrected chi connectivity index (χ3v) is 2.95. The van der Waals surface area contributed by atoms with Gasteiger partial charge in [0.1, 0.15) is 5.75 Å². The molecule has 0 aromatic rings. The van der Waals surface area contributed by atoms with Crippen LogP contribution in [0.15, 0.2) is 0 Å². The van der Waals surface area contributed by atoms with E-state index in [0.29, 0.717) is 5.92 Å². The molecule has 0 saturated carbocycles. The second-order valence-corrected chi connectivity index (χ2v) is 4.64. The molecule has 0 rings (SSSR count). The van der Waals surface area contributed by atoms with Crippen molar-refractivity contribution in [3.63, 3.8) is 0 Å². The van der Waals surface area contributed by atoms with Crippen LogP contribution < -0.4 is 0 Å². The predicted octanol–water partition coefficient (Wildman–Crippen LogP) is 2.58. The SMILES string of the molecule is CCCCC(CC)C[S+](C)[O-]. The zero-order valence-corrected chi connectivity index (χ0v) is 8.75. The van der Waals surface area contributed by atoms with E-state index in [1.165, 1.54) is 25.7 Å². The van der Waals surface area contributed by atoms with Gasteiger partial charge >= 0.3 is 0 Å². The zero-order valence-electron chi connectivity index (χ0n) is 7.93. The third-order valence-electron chi connectivity index (χ3n) is 2.01. The first-order valence-electron chi connectivity index (χ1n) is 4.50. The van der Waals surface area contributed by atoms with Crippen molar-refractivity contribution in [2.45, 2.75) is 39.5 Å². The number of rotatable bonds is 6. The van der Waals surface area contributed by atoms with E-state index < -0.39 is 11.2 Å². The Hall–Kier alpha value is 0.310. The van der Waals surface area contributed by atoms with Crippen LogP contribution in [0.4, 0.5) is 0 Å². The molecule has 0 aliphatic rings. The molecule has 0 fully saturated rings. The van der Waals surface area contributed by atoms with Crippen LogP contribution >= 0.6 is 0 Å². The molecule has 0 bridgehead atoms. The summed E-state index contributed by atoms with van der Waals surface area (Å²) in [6.45, 7) is 4.39. The summed E-state index contributed by atoms with van der Waals surface area (Å²) >= 11 is -0.599. The summed E-state index contributed by atoms with van der Waals surface area (Å²) in [6, 6.07) is 0. The molecule has 0 heterocycles. The molecule has 0 aliphatic carbocycles. The quantitative estimate of drug-likeness (QED) is 0.570. The molecule has 1 nitrogen and oxygen atoms in total. The fourth-order valence-electron chi connectivity index (χ4n) is 1.23. The highest BCUT2D eigenvalue weighted by atomic mass is 32.2. The lowest BCUT2D eigenvalue weighted by Crippen LogP contribution is -2.14. The van der Waals surface area contributed by atoms with Gasteiger partial charge in [0.2, 0.25) is 0 Å². The summed E-state index contributed by atoms with van der Waals surface area (Å²) < 4.78 is 10.9. The molecule has 11 heavy (non-hydrogen) atoms. The van der Waals surface area contributed by atoms with Crippen molar-refractivity contribution in [2.24, 2.45) is 5.92 Å².